The molecule has 7 heteroatoms. The Morgan fingerprint density at radius 1 is 1.29 bits per heavy atom. The van der Waals surface area contributed by atoms with Crippen molar-refractivity contribution < 1.29 is 14.5 Å². The smallest absolute Gasteiger partial charge is 0.269 e. The number of nitrogens with two attached hydrogens (primary N) is 1. The molecule has 0 saturated heterocycles. The van der Waals surface area contributed by atoms with E-state index in [1.165, 1.54) is 12.1 Å². The Bertz CT molecular complexity index is 460. The summed E-state index contributed by atoms with van der Waals surface area (Å²) in [5.74, 6) is 0. The van der Waals surface area contributed by atoms with Gasteiger partial charge in [0.1, 0.15) is 6.61 Å². The average molecular weight is 295 g/mol. The van der Waals surface area contributed by atoms with Crippen LogP contribution >= 0.6 is 0 Å². The molecule has 0 unspecified atom stereocenters. The Morgan fingerprint density at radius 3 is 2.57 bits per heavy atom. The van der Waals surface area contributed by atoms with Crippen molar-refractivity contribution in [3.05, 3.63) is 39.9 Å². The van der Waals surface area contributed by atoms with Gasteiger partial charge < -0.3 is 15.3 Å². The summed E-state index contributed by atoms with van der Waals surface area (Å²) >= 11 is 0. The Balaban J connectivity index is 2.74. The van der Waals surface area contributed by atoms with Gasteiger partial charge in [-0.1, -0.05) is 5.16 Å². The summed E-state index contributed by atoms with van der Waals surface area (Å²) in [5, 5.41) is 14.7. The molecule has 0 radical (unpaired) electrons. The lowest BCUT2D eigenvalue weighted by atomic mass is 10.0. The normalized spacial score (nSPS) is 11.4. The molecule has 0 aliphatic rings. The van der Waals surface area contributed by atoms with Crippen LogP contribution in [0, 0.1) is 10.1 Å². The summed E-state index contributed by atoms with van der Waals surface area (Å²) < 4.78 is 5.01. The van der Waals surface area contributed by atoms with Crippen molar-refractivity contribution in [3.63, 3.8) is 0 Å². The van der Waals surface area contributed by atoms with Crippen LogP contribution in [-0.2, 0) is 9.57 Å². The highest BCUT2D eigenvalue weighted by atomic mass is 16.6. The number of benzene rings is 1. The van der Waals surface area contributed by atoms with E-state index in [1.807, 2.05) is 0 Å². The predicted molar refractivity (Wildman–Crippen MR) is 80.4 cm³/mol. The second-order valence-electron chi connectivity index (χ2n) is 4.41. The summed E-state index contributed by atoms with van der Waals surface area (Å²) in [6.07, 6.45) is 2.53. The first-order valence-corrected chi connectivity index (χ1v) is 6.81. The minimum Gasteiger partial charge on any atom is -0.394 e. The zero-order valence-electron chi connectivity index (χ0n) is 12.2. The van der Waals surface area contributed by atoms with Gasteiger partial charge in [0.15, 0.2) is 0 Å². The fourth-order valence-corrected chi connectivity index (χ4v) is 1.73. The summed E-state index contributed by atoms with van der Waals surface area (Å²) in [4.78, 5) is 15.4. The maximum absolute atomic E-state index is 10.7. The number of nitro groups is 1. The van der Waals surface area contributed by atoms with Gasteiger partial charge in [0.05, 0.1) is 10.6 Å². The molecule has 1 rings (SSSR count). The lowest BCUT2D eigenvalue weighted by Crippen LogP contribution is -2.08. The van der Waals surface area contributed by atoms with Gasteiger partial charge in [-0.2, -0.15) is 0 Å². The molecule has 0 heterocycles. The Labute approximate surface area is 123 Å². The molecule has 0 atom stereocenters. The molecule has 2 N–H and O–H groups in total. The monoisotopic (exact) mass is 295 g/mol. The fourth-order valence-electron chi connectivity index (χ4n) is 1.73. The SMILES string of the molecule is COCCCCC(=NOCCN)c1ccc([N+](=O)[O-])cc1. The van der Waals surface area contributed by atoms with Crippen LogP contribution < -0.4 is 5.73 Å². The largest absolute Gasteiger partial charge is 0.394 e. The quantitative estimate of drug-likeness (QED) is 0.308. The van der Waals surface area contributed by atoms with Gasteiger partial charge in [0.25, 0.3) is 5.69 Å². The number of oxime groups is 1. The molecule has 0 amide bonds. The average Bonchev–Trinajstić information content (AvgIpc) is 2.50. The molecule has 0 saturated carbocycles. The van der Waals surface area contributed by atoms with Crippen molar-refractivity contribution in [1.29, 1.82) is 0 Å². The van der Waals surface area contributed by atoms with Crippen molar-refractivity contribution in [2.45, 2.75) is 19.3 Å². The predicted octanol–water partition coefficient (Wildman–Crippen LogP) is 2.09. The number of unbranched alkanes of at least 4 members (excludes halogenated alkanes) is 1. The van der Waals surface area contributed by atoms with E-state index in [1.54, 1.807) is 19.2 Å². The molecule has 21 heavy (non-hydrogen) atoms. The number of ether oxygens (including phenoxy) is 1. The molecule has 1 aromatic carbocycles. The number of nitrogens with zero attached hydrogens (tertiary/aromatic N) is 2. The third-order valence-corrected chi connectivity index (χ3v) is 2.81. The molecule has 0 spiro atoms. The molecule has 0 fully saturated rings. The van der Waals surface area contributed by atoms with Crippen molar-refractivity contribution in [2.24, 2.45) is 10.9 Å². The van der Waals surface area contributed by atoms with Crippen molar-refractivity contribution in [3.8, 4) is 0 Å². The second kappa shape index (κ2) is 9.84. The van der Waals surface area contributed by atoms with Gasteiger partial charge in [-0.15, -0.1) is 0 Å². The topological polar surface area (TPSA) is 100.0 Å². The van der Waals surface area contributed by atoms with Crippen molar-refractivity contribution in [1.82, 2.24) is 0 Å². The van der Waals surface area contributed by atoms with Crippen molar-refractivity contribution >= 4 is 11.4 Å². The third kappa shape index (κ3) is 6.33. The highest BCUT2D eigenvalue weighted by Crippen LogP contribution is 2.15. The first-order valence-electron chi connectivity index (χ1n) is 6.81. The van der Waals surface area contributed by atoms with E-state index in [2.05, 4.69) is 5.16 Å². The minimum absolute atomic E-state index is 0.0559. The fraction of sp³-hybridized carbons (Fsp3) is 0.500. The standard InChI is InChI=1S/C14H21N3O4/c1-20-10-3-2-4-14(16-21-11-9-15)12-5-7-13(8-6-12)17(18)19/h5-8H,2-4,9-11,15H2,1H3. The van der Waals surface area contributed by atoms with Crippen LogP contribution in [0.15, 0.2) is 29.4 Å². The molecule has 1 aromatic rings. The van der Waals surface area contributed by atoms with Crippen molar-refractivity contribution in [2.75, 3.05) is 26.9 Å². The minimum atomic E-state index is -0.426. The number of methoxy groups -OCH3 is 1. The highest BCUT2D eigenvalue weighted by molar-refractivity contribution is 6.00. The second-order valence-corrected chi connectivity index (χ2v) is 4.41. The summed E-state index contributed by atoms with van der Waals surface area (Å²) in [6.45, 7) is 1.42. The van der Waals surface area contributed by atoms with E-state index < -0.39 is 4.92 Å². The highest BCUT2D eigenvalue weighted by Gasteiger charge is 2.09. The zero-order valence-corrected chi connectivity index (χ0v) is 12.2. The number of non-ortho nitro benzene ring substituents is 1. The van der Waals surface area contributed by atoms with Gasteiger partial charge in [0.2, 0.25) is 0 Å². The molecule has 7 nitrogen and oxygen atoms in total. The van der Waals surface area contributed by atoms with E-state index in [9.17, 15) is 10.1 Å². The summed E-state index contributed by atoms with van der Waals surface area (Å²) in [5.41, 5.74) is 6.99. The number of hydrogen-bond donors (Lipinski definition) is 1. The zero-order chi connectivity index (χ0) is 15.5. The number of rotatable bonds is 10. The Morgan fingerprint density at radius 2 is 2.00 bits per heavy atom. The van der Waals surface area contributed by atoms with Crippen LogP contribution in [0.3, 0.4) is 0 Å². The third-order valence-electron chi connectivity index (χ3n) is 2.81. The van der Waals surface area contributed by atoms with Gasteiger partial charge in [0, 0.05) is 32.4 Å². The van der Waals surface area contributed by atoms with E-state index in [0.29, 0.717) is 26.2 Å². The Kier molecular flexibility index (Phi) is 8.00. The first-order chi connectivity index (χ1) is 10.2. The van der Waals surface area contributed by atoms with Crippen LogP contribution in [-0.4, -0.2) is 37.5 Å². The van der Waals surface area contributed by atoms with Crippen LogP contribution in [0.1, 0.15) is 24.8 Å². The first kappa shape index (κ1) is 17.1. The van der Waals surface area contributed by atoms with Crippen LogP contribution in [0.4, 0.5) is 5.69 Å². The van der Waals surface area contributed by atoms with Crippen LogP contribution in [0.5, 0.6) is 0 Å². The van der Waals surface area contributed by atoms with Crippen LogP contribution in [0.2, 0.25) is 0 Å². The number of hydrogen-bond acceptors (Lipinski definition) is 6. The van der Waals surface area contributed by atoms with E-state index >= 15 is 0 Å². The van der Waals surface area contributed by atoms with Gasteiger partial charge in [-0.05, 0) is 37.0 Å². The maximum Gasteiger partial charge on any atom is 0.269 e. The summed E-state index contributed by atoms with van der Waals surface area (Å²) in [6, 6.07) is 6.28. The molecular formula is C14H21N3O4. The van der Waals surface area contributed by atoms with Gasteiger partial charge >= 0.3 is 0 Å². The van der Waals surface area contributed by atoms with E-state index in [-0.39, 0.29) is 5.69 Å². The van der Waals surface area contributed by atoms with E-state index in [0.717, 1.165) is 24.1 Å². The van der Waals surface area contributed by atoms with Gasteiger partial charge in [-0.25, -0.2) is 0 Å². The molecule has 0 aliphatic heterocycles. The van der Waals surface area contributed by atoms with E-state index in [4.69, 9.17) is 15.3 Å². The molecule has 116 valence electrons. The van der Waals surface area contributed by atoms with Gasteiger partial charge in [-0.3, -0.25) is 10.1 Å². The molecular weight excluding hydrogens is 274 g/mol. The number of nitro benzene ring substituents is 1. The molecule has 0 bridgehead atoms. The maximum atomic E-state index is 10.7. The lowest BCUT2D eigenvalue weighted by Gasteiger charge is -2.07. The van der Waals surface area contributed by atoms with Crippen LogP contribution in [0.25, 0.3) is 0 Å². The lowest BCUT2D eigenvalue weighted by molar-refractivity contribution is -0.384. The molecule has 0 aromatic heterocycles. The molecule has 0 aliphatic carbocycles. The Hall–Kier alpha value is -1.99. The summed E-state index contributed by atoms with van der Waals surface area (Å²) in [7, 11) is 1.66.